The van der Waals surface area contributed by atoms with Crippen molar-refractivity contribution in [2.75, 3.05) is 19.7 Å². The number of carbonyl (C=O) groups excluding carboxylic acids is 3. The van der Waals surface area contributed by atoms with Crippen molar-refractivity contribution in [2.24, 2.45) is 0 Å². The van der Waals surface area contributed by atoms with E-state index in [1.165, 1.54) is 31.2 Å². The fourth-order valence-electron chi connectivity index (χ4n) is 1.86. The van der Waals surface area contributed by atoms with Crippen LogP contribution in [0.15, 0.2) is 24.3 Å². The van der Waals surface area contributed by atoms with Gasteiger partial charge in [-0.3, -0.25) is 19.7 Å². The van der Waals surface area contributed by atoms with Crippen LogP contribution >= 0.6 is 0 Å². The number of carbonyl (C=O) groups is 3. The monoisotopic (exact) mass is 276 g/mol. The molecule has 0 aromatic heterocycles. The Labute approximate surface area is 116 Å². The quantitative estimate of drug-likeness (QED) is 0.590. The van der Waals surface area contributed by atoms with Crippen molar-refractivity contribution < 1.29 is 19.1 Å². The van der Waals surface area contributed by atoms with E-state index in [0.717, 1.165) is 6.54 Å². The molecular weight excluding hydrogens is 260 g/mol. The van der Waals surface area contributed by atoms with Crippen LogP contribution in [0.1, 0.15) is 27.6 Å². The lowest BCUT2D eigenvalue weighted by Gasteiger charge is -2.10. The van der Waals surface area contributed by atoms with E-state index in [0.29, 0.717) is 12.2 Å². The molecule has 0 spiro atoms. The molecular formula is C14H16N2O4. The number of hydrogen-bond acceptors (Lipinski definition) is 5. The van der Waals surface area contributed by atoms with Crippen LogP contribution < -0.4 is 10.6 Å². The number of hydrogen-bond donors (Lipinski definition) is 2. The van der Waals surface area contributed by atoms with E-state index in [-0.39, 0.29) is 24.1 Å². The number of ketones is 2. The molecule has 1 heterocycles. The van der Waals surface area contributed by atoms with Gasteiger partial charge in [-0.25, -0.2) is 0 Å². The molecule has 1 fully saturated rings. The van der Waals surface area contributed by atoms with Crippen LogP contribution in [-0.4, -0.2) is 43.4 Å². The molecule has 6 nitrogen and oxygen atoms in total. The summed E-state index contributed by atoms with van der Waals surface area (Å²) >= 11 is 0. The molecule has 0 aliphatic carbocycles. The van der Waals surface area contributed by atoms with Gasteiger partial charge in [-0.15, -0.1) is 0 Å². The van der Waals surface area contributed by atoms with Crippen molar-refractivity contribution in [3.63, 3.8) is 0 Å². The second-order valence-corrected chi connectivity index (χ2v) is 4.49. The molecule has 20 heavy (non-hydrogen) atoms. The van der Waals surface area contributed by atoms with Crippen molar-refractivity contribution in [2.45, 2.75) is 13.2 Å². The van der Waals surface area contributed by atoms with Gasteiger partial charge >= 0.3 is 0 Å². The lowest BCUT2D eigenvalue weighted by Crippen LogP contribution is -2.40. The zero-order chi connectivity index (χ0) is 14.5. The third-order valence-electron chi connectivity index (χ3n) is 3.00. The Hall–Kier alpha value is -2.05. The van der Waals surface area contributed by atoms with Crippen molar-refractivity contribution in [1.29, 1.82) is 0 Å². The van der Waals surface area contributed by atoms with E-state index in [1.54, 1.807) is 0 Å². The highest BCUT2D eigenvalue weighted by Crippen LogP contribution is 2.06. The lowest BCUT2D eigenvalue weighted by atomic mass is 10.1. The third kappa shape index (κ3) is 3.49. The van der Waals surface area contributed by atoms with E-state index < -0.39 is 11.7 Å². The van der Waals surface area contributed by atoms with Gasteiger partial charge in [0.2, 0.25) is 5.78 Å². The molecule has 1 aliphatic rings. The maximum atomic E-state index is 11.9. The Morgan fingerprint density at radius 3 is 2.45 bits per heavy atom. The first-order valence-corrected chi connectivity index (χ1v) is 6.36. The topological polar surface area (TPSA) is 84.5 Å². The molecule has 1 atom stereocenters. The molecule has 0 radical (unpaired) electrons. The van der Waals surface area contributed by atoms with Gasteiger partial charge in [0.1, 0.15) is 6.23 Å². The molecule has 0 saturated carbocycles. The Morgan fingerprint density at radius 1 is 1.25 bits per heavy atom. The van der Waals surface area contributed by atoms with Crippen LogP contribution in [0.2, 0.25) is 0 Å². The minimum absolute atomic E-state index is 0.0853. The first kappa shape index (κ1) is 14.4. The van der Waals surface area contributed by atoms with Gasteiger partial charge in [-0.1, -0.05) is 24.3 Å². The molecule has 6 heteroatoms. The molecule has 1 unspecified atom stereocenters. The van der Waals surface area contributed by atoms with Crippen LogP contribution in [0.5, 0.6) is 0 Å². The number of ether oxygens (including phenoxy) is 1. The number of rotatable bonds is 5. The smallest absolute Gasteiger partial charge is 0.292 e. The highest BCUT2D eigenvalue weighted by atomic mass is 16.5. The van der Waals surface area contributed by atoms with Crippen LogP contribution in [0.3, 0.4) is 0 Å². The Kier molecular flexibility index (Phi) is 4.60. The highest BCUT2D eigenvalue weighted by molar-refractivity contribution is 6.42. The molecule has 1 saturated heterocycles. The predicted octanol–water partition coefficient (Wildman–Crippen LogP) is 0.134. The standard InChI is InChI=1S/C14H16N2O4/c1-9(17)10-2-4-11(5-3-10)13(18)14(19)16-8-12-15-6-7-20-12/h2-5,12,15H,6-8H2,1H3,(H,16,19). The van der Waals surface area contributed by atoms with Gasteiger partial charge < -0.3 is 10.1 Å². The predicted molar refractivity (Wildman–Crippen MR) is 71.5 cm³/mol. The molecule has 106 valence electrons. The fraction of sp³-hybridized carbons (Fsp3) is 0.357. The zero-order valence-electron chi connectivity index (χ0n) is 11.1. The van der Waals surface area contributed by atoms with Crippen LogP contribution in [0.25, 0.3) is 0 Å². The molecule has 2 N–H and O–H groups in total. The van der Waals surface area contributed by atoms with Crippen molar-refractivity contribution in [1.82, 2.24) is 10.6 Å². The maximum Gasteiger partial charge on any atom is 0.292 e. The summed E-state index contributed by atoms with van der Waals surface area (Å²) in [7, 11) is 0. The van der Waals surface area contributed by atoms with Crippen LogP contribution in [-0.2, 0) is 9.53 Å². The number of benzene rings is 1. The zero-order valence-corrected chi connectivity index (χ0v) is 11.1. The Balaban J connectivity index is 1.92. The average molecular weight is 276 g/mol. The van der Waals surface area contributed by atoms with Crippen molar-refractivity contribution in [3.8, 4) is 0 Å². The van der Waals surface area contributed by atoms with E-state index in [1.807, 2.05) is 0 Å². The van der Waals surface area contributed by atoms with Gasteiger partial charge in [0, 0.05) is 17.7 Å². The highest BCUT2D eigenvalue weighted by Gasteiger charge is 2.19. The SMILES string of the molecule is CC(=O)c1ccc(C(=O)C(=O)NCC2NCCO2)cc1. The Bertz CT molecular complexity index is 518. The van der Waals surface area contributed by atoms with E-state index in [2.05, 4.69) is 10.6 Å². The summed E-state index contributed by atoms with van der Waals surface area (Å²) in [6.07, 6.45) is -0.244. The van der Waals surface area contributed by atoms with Gasteiger partial charge in [0.05, 0.1) is 13.2 Å². The van der Waals surface area contributed by atoms with Gasteiger partial charge in [0.15, 0.2) is 5.78 Å². The van der Waals surface area contributed by atoms with E-state index in [4.69, 9.17) is 4.74 Å². The van der Waals surface area contributed by atoms with Gasteiger partial charge in [-0.05, 0) is 6.92 Å². The summed E-state index contributed by atoms with van der Waals surface area (Å²) in [5.74, 6) is -1.39. The summed E-state index contributed by atoms with van der Waals surface area (Å²) in [5, 5.41) is 5.54. The number of amides is 1. The van der Waals surface area contributed by atoms with E-state index >= 15 is 0 Å². The van der Waals surface area contributed by atoms with Gasteiger partial charge in [0.25, 0.3) is 5.91 Å². The van der Waals surface area contributed by atoms with Crippen LogP contribution in [0, 0.1) is 0 Å². The molecule has 0 bridgehead atoms. The largest absolute Gasteiger partial charge is 0.360 e. The first-order chi connectivity index (χ1) is 9.58. The Morgan fingerprint density at radius 2 is 1.90 bits per heavy atom. The van der Waals surface area contributed by atoms with Crippen molar-refractivity contribution in [3.05, 3.63) is 35.4 Å². The summed E-state index contributed by atoms with van der Waals surface area (Å²) in [6.45, 7) is 3.02. The number of nitrogens with one attached hydrogen (secondary N) is 2. The molecule has 2 rings (SSSR count). The molecule has 1 aromatic rings. The first-order valence-electron chi connectivity index (χ1n) is 6.36. The van der Waals surface area contributed by atoms with Crippen LogP contribution in [0.4, 0.5) is 0 Å². The minimum atomic E-state index is -0.683. The fourth-order valence-corrected chi connectivity index (χ4v) is 1.86. The summed E-state index contributed by atoms with van der Waals surface area (Å²) in [5.41, 5.74) is 0.762. The normalized spacial score (nSPS) is 17.8. The second kappa shape index (κ2) is 6.40. The summed E-state index contributed by atoms with van der Waals surface area (Å²) in [4.78, 5) is 34.7. The summed E-state index contributed by atoms with van der Waals surface area (Å²) in [6, 6.07) is 6.01. The minimum Gasteiger partial charge on any atom is -0.360 e. The van der Waals surface area contributed by atoms with Gasteiger partial charge in [-0.2, -0.15) is 0 Å². The molecule has 1 aromatic carbocycles. The molecule has 1 amide bonds. The lowest BCUT2D eigenvalue weighted by molar-refractivity contribution is -0.117. The summed E-state index contributed by atoms with van der Waals surface area (Å²) < 4.78 is 5.26. The second-order valence-electron chi connectivity index (χ2n) is 4.49. The van der Waals surface area contributed by atoms with E-state index in [9.17, 15) is 14.4 Å². The average Bonchev–Trinajstić information content (AvgIpc) is 2.97. The third-order valence-corrected chi connectivity index (χ3v) is 3.00. The number of Topliss-reactive ketones (excluding diaryl/α,β-unsaturated/α-hetero) is 2. The maximum absolute atomic E-state index is 11.9. The molecule has 1 aliphatic heterocycles. The van der Waals surface area contributed by atoms with Crippen molar-refractivity contribution >= 4 is 17.5 Å².